The summed E-state index contributed by atoms with van der Waals surface area (Å²) >= 11 is 0. The zero-order chi connectivity index (χ0) is 19.9. The van der Waals surface area contributed by atoms with E-state index in [0.29, 0.717) is 36.0 Å². The van der Waals surface area contributed by atoms with Crippen LogP contribution in [0.3, 0.4) is 0 Å². The van der Waals surface area contributed by atoms with Gasteiger partial charge in [0.2, 0.25) is 0 Å². The molecule has 0 fully saturated rings. The van der Waals surface area contributed by atoms with Gasteiger partial charge in [-0.15, -0.1) is 5.10 Å². The largest absolute Gasteiger partial charge is 0.490 e. The lowest BCUT2D eigenvalue weighted by Gasteiger charge is -2.13. The molecule has 3 rings (SSSR count). The Morgan fingerprint density at radius 2 is 1.96 bits per heavy atom. The van der Waals surface area contributed by atoms with E-state index in [1.54, 1.807) is 22.9 Å². The van der Waals surface area contributed by atoms with Crippen molar-refractivity contribution in [3.05, 3.63) is 53.9 Å². The van der Waals surface area contributed by atoms with Gasteiger partial charge in [-0.2, -0.15) is 0 Å². The Balaban J connectivity index is 1.77. The van der Waals surface area contributed by atoms with Crippen molar-refractivity contribution < 1.29 is 14.3 Å². The summed E-state index contributed by atoms with van der Waals surface area (Å²) in [5.41, 5.74) is 2.96. The van der Waals surface area contributed by atoms with Gasteiger partial charge in [0, 0.05) is 11.3 Å². The number of carbonyl (C=O) groups excluding carboxylic acids is 1. The molecule has 1 heterocycles. The van der Waals surface area contributed by atoms with E-state index in [1.165, 1.54) is 6.33 Å². The summed E-state index contributed by atoms with van der Waals surface area (Å²) < 4.78 is 12.9. The van der Waals surface area contributed by atoms with Crippen LogP contribution in [-0.4, -0.2) is 39.3 Å². The quantitative estimate of drug-likeness (QED) is 0.643. The van der Waals surface area contributed by atoms with Crippen LogP contribution in [0.4, 0.5) is 5.69 Å². The molecule has 0 saturated carbocycles. The molecular weight excluding hydrogens is 358 g/mol. The molecular formula is C20H23N5O3. The molecule has 0 unspecified atom stereocenters. The molecule has 0 aliphatic rings. The molecule has 28 heavy (non-hydrogen) atoms. The zero-order valence-corrected chi connectivity index (χ0v) is 16.2. The Morgan fingerprint density at radius 3 is 2.64 bits per heavy atom. The number of anilines is 1. The van der Waals surface area contributed by atoms with E-state index in [1.807, 2.05) is 39.0 Å². The number of hydrogen-bond acceptors (Lipinski definition) is 6. The van der Waals surface area contributed by atoms with Crippen molar-refractivity contribution in [1.29, 1.82) is 0 Å². The number of aryl methyl sites for hydroxylation is 1. The van der Waals surface area contributed by atoms with Crippen LogP contribution in [0.5, 0.6) is 11.5 Å². The Morgan fingerprint density at radius 1 is 1.11 bits per heavy atom. The second-order valence-electron chi connectivity index (χ2n) is 6.15. The number of hydrogen-bond donors (Lipinski definition) is 1. The summed E-state index contributed by atoms with van der Waals surface area (Å²) in [4.78, 5) is 12.7. The summed E-state index contributed by atoms with van der Waals surface area (Å²) in [6.45, 7) is 6.95. The molecule has 146 valence electrons. The van der Waals surface area contributed by atoms with Crippen molar-refractivity contribution in [3.8, 4) is 17.2 Å². The molecule has 0 spiro atoms. The van der Waals surface area contributed by atoms with Gasteiger partial charge in [-0.3, -0.25) is 4.79 Å². The summed E-state index contributed by atoms with van der Waals surface area (Å²) in [6.07, 6.45) is 2.42. The smallest absolute Gasteiger partial charge is 0.255 e. The highest BCUT2D eigenvalue weighted by atomic mass is 16.5. The first kappa shape index (κ1) is 19.3. The van der Waals surface area contributed by atoms with Gasteiger partial charge in [0.25, 0.3) is 5.91 Å². The van der Waals surface area contributed by atoms with Crippen molar-refractivity contribution in [2.75, 3.05) is 18.5 Å². The SMILES string of the molecule is CCCOc1ccc(C(=O)Nc2ccc(-n3cnnn3)c(C)c2)cc1OCC. The van der Waals surface area contributed by atoms with E-state index < -0.39 is 0 Å². The van der Waals surface area contributed by atoms with E-state index in [4.69, 9.17) is 9.47 Å². The van der Waals surface area contributed by atoms with Gasteiger partial charge in [-0.25, -0.2) is 4.68 Å². The predicted molar refractivity (Wildman–Crippen MR) is 105 cm³/mol. The highest BCUT2D eigenvalue weighted by Gasteiger charge is 2.13. The van der Waals surface area contributed by atoms with E-state index in [2.05, 4.69) is 20.8 Å². The molecule has 8 heteroatoms. The molecule has 0 atom stereocenters. The Labute approximate surface area is 163 Å². The molecule has 1 amide bonds. The highest BCUT2D eigenvalue weighted by Crippen LogP contribution is 2.29. The van der Waals surface area contributed by atoms with Crippen molar-refractivity contribution >= 4 is 11.6 Å². The number of rotatable bonds is 8. The van der Waals surface area contributed by atoms with Crippen LogP contribution in [0.15, 0.2) is 42.7 Å². The maximum Gasteiger partial charge on any atom is 0.255 e. The summed E-state index contributed by atoms with van der Waals surface area (Å²) in [7, 11) is 0. The molecule has 0 saturated heterocycles. The first-order valence-corrected chi connectivity index (χ1v) is 9.17. The maximum atomic E-state index is 12.7. The summed E-state index contributed by atoms with van der Waals surface area (Å²) in [5, 5.41) is 14.1. The highest BCUT2D eigenvalue weighted by molar-refractivity contribution is 6.04. The van der Waals surface area contributed by atoms with Gasteiger partial charge in [0.1, 0.15) is 6.33 Å². The minimum absolute atomic E-state index is 0.224. The second kappa shape index (κ2) is 8.98. The lowest BCUT2D eigenvalue weighted by atomic mass is 10.1. The summed E-state index contributed by atoms with van der Waals surface area (Å²) in [6, 6.07) is 10.7. The number of aromatic nitrogens is 4. The molecule has 0 radical (unpaired) electrons. The Hall–Kier alpha value is -3.42. The van der Waals surface area contributed by atoms with Crippen molar-refractivity contribution in [2.45, 2.75) is 27.2 Å². The van der Waals surface area contributed by atoms with Gasteiger partial charge in [0.05, 0.1) is 18.9 Å². The van der Waals surface area contributed by atoms with Crippen LogP contribution in [0.2, 0.25) is 0 Å². The topological polar surface area (TPSA) is 91.2 Å². The fourth-order valence-corrected chi connectivity index (χ4v) is 2.71. The minimum atomic E-state index is -0.224. The minimum Gasteiger partial charge on any atom is -0.490 e. The molecule has 1 N–H and O–H groups in total. The fraction of sp³-hybridized carbons (Fsp3) is 0.300. The fourth-order valence-electron chi connectivity index (χ4n) is 2.71. The third-order valence-corrected chi connectivity index (χ3v) is 4.02. The van der Waals surface area contributed by atoms with Gasteiger partial charge < -0.3 is 14.8 Å². The van der Waals surface area contributed by atoms with Crippen LogP contribution >= 0.6 is 0 Å². The second-order valence-corrected chi connectivity index (χ2v) is 6.15. The number of nitrogens with zero attached hydrogens (tertiary/aromatic N) is 4. The number of ether oxygens (including phenoxy) is 2. The number of carbonyl (C=O) groups is 1. The van der Waals surface area contributed by atoms with E-state index in [9.17, 15) is 4.79 Å². The van der Waals surface area contributed by atoms with Gasteiger partial charge in [0.15, 0.2) is 11.5 Å². The average molecular weight is 381 g/mol. The molecule has 0 aliphatic carbocycles. The molecule has 1 aromatic heterocycles. The monoisotopic (exact) mass is 381 g/mol. The van der Waals surface area contributed by atoms with Crippen LogP contribution in [0.1, 0.15) is 36.2 Å². The van der Waals surface area contributed by atoms with Crippen molar-refractivity contribution in [3.63, 3.8) is 0 Å². The maximum absolute atomic E-state index is 12.7. The van der Waals surface area contributed by atoms with E-state index in [-0.39, 0.29) is 5.91 Å². The average Bonchev–Trinajstić information content (AvgIpc) is 3.21. The van der Waals surface area contributed by atoms with Crippen LogP contribution < -0.4 is 14.8 Å². The van der Waals surface area contributed by atoms with Crippen molar-refractivity contribution in [1.82, 2.24) is 20.2 Å². The van der Waals surface area contributed by atoms with E-state index >= 15 is 0 Å². The summed E-state index contributed by atoms with van der Waals surface area (Å²) in [5.74, 6) is 0.980. The van der Waals surface area contributed by atoms with Gasteiger partial charge in [-0.1, -0.05) is 6.92 Å². The molecule has 2 aromatic carbocycles. The van der Waals surface area contributed by atoms with E-state index in [0.717, 1.165) is 17.7 Å². The lowest BCUT2D eigenvalue weighted by Crippen LogP contribution is -2.13. The Kier molecular flexibility index (Phi) is 6.21. The standard InChI is InChI=1S/C20H23N5O3/c1-4-10-28-18-9-6-15(12-19(18)27-5-2)20(26)22-16-7-8-17(14(3)11-16)25-13-21-23-24-25/h6-9,11-13H,4-5,10H2,1-3H3,(H,22,26). The molecule has 0 aliphatic heterocycles. The first-order valence-electron chi connectivity index (χ1n) is 9.17. The van der Waals surface area contributed by atoms with Gasteiger partial charge >= 0.3 is 0 Å². The number of tetrazole rings is 1. The third-order valence-electron chi connectivity index (χ3n) is 4.02. The zero-order valence-electron chi connectivity index (χ0n) is 16.2. The molecule has 8 nitrogen and oxygen atoms in total. The normalized spacial score (nSPS) is 10.5. The third kappa shape index (κ3) is 4.46. The molecule has 3 aromatic rings. The van der Waals surface area contributed by atoms with Crippen molar-refractivity contribution in [2.24, 2.45) is 0 Å². The predicted octanol–water partition coefficient (Wildman–Crippen LogP) is 3.41. The Bertz CT molecular complexity index is 941. The molecule has 0 bridgehead atoms. The lowest BCUT2D eigenvalue weighted by molar-refractivity contribution is 0.102. The van der Waals surface area contributed by atoms with Crippen LogP contribution in [0, 0.1) is 6.92 Å². The number of nitrogens with one attached hydrogen (secondary N) is 1. The first-order chi connectivity index (χ1) is 13.6. The van der Waals surface area contributed by atoms with Gasteiger partial charge in [-0.05, 0) is 72.7 Å². The van der Waals surface area contributed by atoms with Crippen LogP contribution in [0.25, 0.3) is 5.69 Å². The number of benzene rings is 2. The number of amides is 1. The van der Waals surface area contributed by atoms with Crippen LogP contribution in [-0.2, 0) is 0 Å².